The Hall–Kier alpha value is -0.210. The lowest BCUT2D eigenvalue weighted by Crippen LogP contribution is -2.09. The van der Waals surface area contributed by atoms with Crippen molar-refractivity contribution in [1.29, 1.82) is 0 Å². The zero-order valence-electron chi connectivity index (χ0n) is 6.77. The second-order valence-corrected chi connectivity index (χ2v) is 3.48. The molecular formula is C8H10Cl2O2. The number of ether oxygens (including phenoxy) is 1. The highest BCUT2D eigenvalue weighted by Crippen LogP contribution is 2.31. The summed E-state index contributed by atoms with van der Waals surface area (Å²) in [5.74, 6) is -0.497. The first kappa shape index (κ1) is 9.87. The van der Waals surface area contributed by atoms with Gasteiger partial charge in [-0.05, 0) is 12.8 Å². The molecule has 0 N–H and O–H groups in total. The molecule has 4 heteroatoms. The van der Waals surface area contributed by atoms with Gasteiger partial charge in [-0.1, -0.05) is 36.5 Å². The summed E-state index contributed by atoms with van der Waals surface area (Å²) in [6, 6.07) is 0. The number of carbonyl (C=O) groups excluding carboxylic acids is 1. The minimum atomic E-state index is -0.497. The molecule has 0 radical (unpaired) electrons. The quantitative estimate of drug-likeness (QED) is 0.668. The highest BCUT2D eigenvalue weighted by Gasteiger charge is 2.31. The Morgan fingerprint density at radius 1 is 1.50 bits per heavy atom. The molecule has 2 nitrogen and oxygen atoms in total. The van der Waals surface area contributed by atoms with Gasteiger partial charge in [0, 0.05) is 0 Å². The van der Waals surface area contributed by atoms with Gasteiger partial charge in [0.1, 0.15) is 11.1 Å². The van der Waals surface area contributed by atoms with Crippen molar-refractivity contribution in [1.82, 2.24) is 0 Å². The molecular weight excluding hydrogens is 199 g/mol. The van der Waals surface area contributed by atoms with E-state index in [1.54, 1.807) is 0 Å². The van der Waals surface area contributed by atoms with Gasteiger partial charge in [0.25, 0.3) is 0 Å². The molecule has 12 heavy (non-hydrogen) atoms. The third-order valence-electron chi connectivity index (χ3n) is 1.74. The van der Waals surface area contributed by atoms with Crippen molar-refractivity contribution in [2.24, 2.45) is 0 Å². The Kier molecular flexibility index (Phi) is 3.41. The van der Waals surface area contributed by atoms with Crippen LogP contribution in [0.3, 0.4) is 0 Å². The summed E-state index contributed by atoms with van der Waals surface area (Å²) in [5, 5.41) is 0.396. The fourth-order valence-electron chi connectivity index (χ4n) is 1.05. The summed E-state index contributed by atoms with van der Waals surface area (Å²) in [4.78, 5) is 10.9. The third-order valence-corrected chi connectivity index (χ3v) is 2.63. The summed E-state index contributed by atoms with van der Waals surface area (Å²) in [6.45, 7) is 2.07. The summed E-state index contributed by atoms with van der Waals surface area (Å²) < 4.78 is 4.91. The summed E-state index contributed by atoms with van der Waals surface area (Å²) in [6.07, 6.45) is 2.50. The molecule has 1 unspecified atom stereocenters. The molecule has 0 aliphatic carbocycles. The second kappa shape index (κ2) is 4.15. The number of cyclic esters (lactones) is 1. The number of unbranched alkanes of at least 4 members (excludes halogenated alkanes) is 1. The SMILES string of the molecule is CCCCC1OC(=O)C(Cl)=C1Cl. The maximum Gasteiger partial charge on any atom is 0.351 e. The third kappa shape index (κ3) is 1.93. The Morgan fingerprint density at radius 3 is 2.58 bits per heavy atom. The van der Waals surface area contributed by atoms with Gasteiger partial charge >= 0.3 is 5.97 Å². The zero-order chi connectivity index (χ0) is 9.14. The van der Waals surface area contributed by atoms with E-state index >= 15 is 0 Å². The van der Waals surface area contributed by atoms with Gasteiger partial charge in [0.15, 0.2) is 0 Å². The molecule has 0 aromatic rings. The first-order chi connectivity index (χ1) is 5.66. The maximum atomic E-state index is 10.9. The lowest BCUT2D eigenvalue weighted by molar-refractivity contribution is -0.139. The molecule has 68 valence electrons. The van der Waals surface area contributed by atoms with Crippen LogP contribution in [0.5, 0.6) is 0 Å². The number of carbonyl (C=O) groups is 1. The van der Waals surface area contributed by atoms with Crippen molar-refractivity contribution in [2.45, 2.75) is 32.3 Å². The molecule has 0 fully saturated rings. The first-order valence-electron chi connectivity index (χ1n) is 3.93. The van der Waals surface area contributed by atoms with Crippen molar-refractivity contribution in [3.05, 3.63) is 10.1 Å². The smallest absolute Gasteiger partial charge is 0.351 e. The van der Waals surface area contributed by atoms with Gasteiger partial charge < -0.3 is 4.74 Å². The van der Waals surface area contributed by atoms with Crippen LogP contribution in [0.1, 0.15) is 26.2 Å². The van der Waals surface area contributed by atoms with Gasteiger partial charge in [-0.2, -0.15) is 0 Å². The van der Waals surface area contributed by atoms with Crippen LogP contribution in [0.25, 0.3) is 0 Å². The molecule has 0 aromatic heterocycles. The number of esters is 1. The standard InChI is InChI=1S/C8H10Cl2O2/c1-2-3-4-5-6(9)7(10)8(11)12-5/h5H,2-4H2,1H3. The van der Waals surface area contributed by atoms with Crippen LogP contribution in [0.4, 0.5) is 0 Å². The van der Waals surface area contributed by atoms with Crippen molar-refractivity contribution in [2.75, 3.05) is 0 Å². The Labute approximate surface area is 81.5 Å². The minimum Gasteiger partial charge on any atom is -0.452 e. The molecule has 1 heterocycles. The fraction of sp³-hybridized carbons (Fsp3) is 0.625. The van der Waals surface area contributed by atoms with Crippen LogP contribution in [0, 0.1) is 0 Å². The topological polar surface area (TPSA) is 26.3 Å². The summed E-state index contributed by atoms with van der Waals surface area (Å²) in [5.41, 5.74) is 0. The monoisotopic (exact) mass is 208 g/mol. The van der Waals surface area contributed by atoms with Crippen molar-refractivity contribution in [3.63, 3.8) is 0 Å². The van der Waals surface area contributed by atoms with E-state index in [-0.39, 0.29) is 11.1 Å². The maximum absolute atomic E-state index is 10.9. The Bertz CT molecular complexity index is 223. The van der Waals surface area contributed by atoms with Crippen molar-refractivity contribution in [3.8, 4) is 0 Å². The fourth-order valence-corrected chi connectivity index (χ4v) is 1.44. The van der Waals surface area contributed by atoms with Crippen LogP contribution < -0.4 is 0 Å². The summed E-state index contributed by atoms with van der Waals surface area (Å²) >= 11 is 11.3. The predicted octanol–water partition coefficient (Wildman–Crippen LogP) is 2.79. The average molecular weight is 209 g/mol. The second-order valence-electron chi connectivity index (χ2n) is 2.70. The molecule has 1 aliphatic rings. The molecule has 0 amide bonds. The van der Waals surface area contributed by atoms with Crippen LogP contribution >= 0.6 is 23.2 Å². The molecule has 0 bridgehead atoms. The predicted molar refractivity (Wildman–Crippen MR) is 48.1 cm³/mol. The van der Waals surface area contributed by atoms with Crippen LogP contribution in [0.2, 0.25) is 0 Å². The largest absolute Gasteiger partial charge is 0.452 e. The molecule has 1 atom stereocenters. The molecule has 1 aliphatic heterocycles. The Morgan fingerprint density at radius 2 is 2.17 bits per heavy atom. The normalized spacial score (nSPS) is 23.2. The van der Waals surface area contributed by atoms with Gasteiger partial charge in [-0.3, -0.25) is 0 Å². The van der Waals surface area contributed by atoms with Gasteiger partial charge in [0.05, 0.1) is 5.03 Å². The number of hydrogen-bond donors (Lipinski definition) is 0. The molecule has 0 saturated heterocycles. The van der Waals surface area contributed by atoms with E-state index in [1.807, 2.05) is 0 Å². The lowest BCUT2D eigenvalue weighted by Gasteiger charge is -2.07. The molecule has 0 spiro atoms. The average Bonchev–Trinajstić information content (AvgIpc) is 2.30. The number of halogens is 2. The highest BCUT2D eigenvalue weighted by molar-refractivity contribution is 6.48. The highest BCUT2D eigenvalue weighted by atomic mass is 35.5. The van der Waals surface area contributed by atoms with Gasteiger partial charge in [0.2, 0.25) is 0 Å². The van der Waals surface area contributed by atoms with Crippen molar-refractivity contribution >= 4 is 29.2 Å². The summed E-state index contributed by atoms with van der Waals surface area (Å²) in [7, 11) is 0. The van der Waals surface area contributed by atoms with Crippen LogP contribution in [-0.2, 0) is 9.53 Å². The van der Waals surface area contributed by atoms with Gasteiger partial charge in [-0.15, -0.1) is 0 Å². The van der Waals surface area contributed by atoms with Crippen LogP contribution in [-0.4, -0.2) is 12.1 Å². The van der Waals surface area contributed by atoms with Crippen molar-refractivity contribution < 1.29 is 9.53 Å². The van der Waals surface area contributed by atoms with E-state index in [0.717, 1.165) is 19.3 Å². The molecule has 0 saturated carbocycles. The number of hydrogen-bond acceptors (Lipinski definition) is 2. The van der Waals surface area contributed by atoms with E-state index in [2.05, 4.69) is 6.92 Å². The van der Waals surface area contributed by atoms with E-state index < -0.39 is 5.97 Å². The lowest BCUT2D eigenvalue weighted by atomic mass is 10.1. The van der Waals surface area contributed by atoms with Crippen LogP contribution in [0.15, 0.2) is 10.1 Å². The van der Waals surface area contributed by atoms with E-state index in [1.165, 1.54) is 0 Å². The van der Waals surface area contributed by atoms with E-state index in [4.69, 9.17) is 27.9 Å². The minimum absolute atomic E-state index is 0.0396. The first-order valence-corrected chi connectivity index (χ1v) is 4.68. The molecule has 0 aromatic carbocycles. The zero-order valence-corrected chi connectivity index (χ0v) is 8.28. The van der Waals surface area contributed by atoms with E-state index in [9.17, 15) is 4.79 Å². The van der Waals surface area contributed by atoms with Gasteiger partial charge in [-0.25, -0.2) is 4.79 Å². The molecule has 1 rings (SSSR count). The van der Waals surface area contributed by atoms with E-state index in [0.29, 0.717) is 5.03 Å². The number of rotatable bonds is 3. The Balaban J connectivity index is 2.55.